The predicted molar refractivity (Wildman–Crippen MR) is 107 cm³/mol. The summed E-state index contributed by atoms with van der Waals surface area (Å²) in [5.74, 6) is 1.04. The van der Waals surface area contributed by atoms with E-state index in [2.05, 4.69) is 10.2 Å². The Morgan fingerprint density at radius 2 is 1.90 bits per heavy atom. The van der Waals surface area contributed by atoms with Crippen molar-refractivity contribution in [1.29, 1.82) is 0 Å². The highest BCUT2D eigenvalue weighted by atomic mass is 35.5. The maximum absolute atomic E-state index is 11.4. The molecule has 0 aliphatic rings. The molecule has 0 saturated carbocycles. The summed E-state index contributed by atoms with van der Waals surface area (Å²) >= 11 is 7.10. The van der Waals surface area contributed by atoms with Crippen molar-refractivity contribution < 1.29 is 14.6 Å². The Hall–Kier alpha value is -3.18. The Morgan fingerprint density at radius 3 is 2.52 bits per heavy atom. The second-order valence-electron chi connectivity index (χ2n) is 5.66. The number of methoxy groups -OCH3 is 1. The van der Waals surface area contributed by atoms with Crippen LogP contribution in [0.5, 0.6) is 5.75 Å². The van der Waals surface area contributed by atoms with Gasteiger partial charge >= 0.3 is 0 Å². The molecule has 0 aliphatic carbocycles. The number of nitro groups is 2. The number of hydrogen-bond donors (Lipinski definition) is 0. The fourth-order valence-corrected chi connectivity index (χ4v) is 3.80. The standard InChI is InChI=1S/C17H14ClN5O5S/c1-3-21-16(12-8-10(18)4-6-14(12)28-2)19-20-17(21)29-15-7-5-11(22(24)25)9-13(15)23(26)27/h4-9H,3H2,1-2H3. The van der Waals surface area contributed by atoms with Crippen LogP contribution < -0.4 is 4.74 Å². The van der Waals surface area contributed by atoms with E-state index in [1.54, 1.807) is 22.8 Å². The number of ether oxygens (including phenoxy) is 1. The van der Waals surface area contributed by atoms with Crippen LogP contribution in [0.25, 0.3) is 11.4 Å². The van der Waals surface area contributed by atoms with Gasteiger partial charge in [-0.1, -0.05) is 11.6 Å². The summed E-state index contributed by atoms with van der Waals surface area (Å²) in [6.07, 6.45) is 0. The highest BCUT2D eigenvalue weighted by Crippen LogP contribution is 2.38. The van der Waals surface area contributed by atoms with Gasteiger partial charge in [-0.3, -0.25) is 20.2 Å². The predicted octanol–water partition coefficient (Wildman–Crippen LogP) is 4.59. The van der Waals surface area contributed by atoms with E-state index >= 15 is 0 Å². The molecule has 1 heterocycles. The first-order valence-corrected chi connectivity index (χ1v) is 9.43. The maximum Gasteiger partial charge on any atom is 0.290 e. The molecule has 0 amide bonds. The van der Waals surface area contributed by atoms with Gasteiger partial charge in [0, 0.05) is 17.6 Å². The molecule has 0 radical (unpaired) electrons. The average molecular weight is 436 g/mol. The Balaban J connectivity index is 2.06. The monoisotopic (exact) mass is 435 g/mol. The molecule has 29 heavy (non-hydrogen) atoms. The van der Waals surface area contributed by atoms with E-state index in [-0.39, 0.29) is 16.3 Å². The first kappa shape index (κ1) is 20.6. The maximum atomic E-state index is 11.4. The molecule has 0 fully saturated rings. The Kier molecular flexibility index (Phi) is 5.99. The number of hydrogen-bond acceptors (Lipinski definition) is 8. The van der Waals surface area contributed by atoms with Crippen LogP contribution >= 0.6 is 23.4 Å². The van der Waals surface area contributed by atoms with Gasteiger partial charge in [-0.25, -0.2) is 0 Å². The van der Waals surface area contributed by atoms with E-state index in [1.807, 2.05) is 6.92 Å². The lowest BCUT2D eigenvalue weighted by atomic mass is 10.2. The lowest BCUT2D eigenvalue weighted by Gasteiger charge is -2.11. The molecule has 10 nitrogen and oxygen atoms in total. The zero-order valence-corrected chi connectivity index (χ0v) is 16.8. The second-order valence-corrected chi connectivity index (χ2v) is 7.11. The number of non-ortho nitro benzene ring substituents is 1. The number of nitro benzene ring substituents is 2. The molecule has 3 aromatic rings. The first-order valence-electron chi connectivity index (χ1n) is 8.23. The average Bonchev–Trinajstić information content (AvgIpc) is 3.10. The van der Waals surface area contributed by atoms with Crippen LogP contribution in [0.2, 0.25) is 5.02 Å². The molecule has 0 N–H and O–H groups in total. The largest absolute Gasteiger partial charge is 0.496 e. The highest BCUT2D eigenvalue weighted by molar-refractivity contribution is 7.99. The van der Waals surface area contributed by atoms with Gasteiger partial charge in [0.1, 0.15) is 5.75 Å². The van der Waals surface area contributed by atoms with E-state index in [4.69, 9.17) is 16.3 Å². The molecule has 2 aromatic carbocycles. The van der Waals surface area contributed by atoms with Gasteiger partial charge in [-0.05, 0) is 43.0 Å². The van der Waals surface area contributed by atoms with Gasteiger partial charge in [0.05, 0.1) is 33.5 Å². The van der Waals surface area contributed by atoms with Crippen molar-refractivity contribution in [2.24, 2.45) is 0 Å². The van der Waals surface area contributed by atoms with Crippen molar-refractivity contribution >= 4 is 34.7 Å². The van der Waals surface area contributed by atoms with Crippen LogP contribution in [-0.2, 0) is 6.54 Å². The minimum Gasteiger partial charge on any atom is -0.496 e. The number of halogens is 1. The SMILES string of the molecule is CCn1c(Sc2ccc([N+](=O)[O-])cc2[N+](=O)[O-])nnc1-c1cc(Cl)ccc1OC. The zero-order valence-electron chi connectivity index (χ0n) is 15.2. The Morgan fingerprint density at radius 1 is 1.14 bits per heavy atom. The van der Waals surface area contributed by atoms with Crippen LogP contribution in [0.4, 0.5) is 11.4 Å². The van der Waals surface area contributed by atoms with Crippen LogP contribution in [0, 0.1) is 20.2 Å². The third kappa shape index (κ3) is 4.15. The molecule has 150 valence electrons. The lowest BCUT2D eigenvalue weighted by molar-refractivity contribution is -0.396. The number of aromatic nitrogens is 3. The summed E-state index contributed by atoms with van der Waals surface area (Å²) in [6, 6.07) is 8.56. The first-order chi connectivity index (χ1) is 13.8. The summed E-state index contributed by atoms with van der Waals surface area (Å²) in [6.45, 7) is 2.35. The number of benzene rings is 2. The van der Waals surface area contributed by atoms with Crippen LogP contribution in [0.3, 0.4) is 0 Å². The molecular formula is C17H14ClN5O5S. The Bertz CT molecular complexity index is 1100. The minimum atomic E-state index is -0.681. The highest BCUT2D eigenvalue weighted by Gasteiger charge is 2.23. The number of nitrogens with zero attached hydrogens (tertiary/aromatic N) is 5. The quantitative estimate of drug-likeness (QED) is 0.389. The van der Waals surface area contributed by atoms with Gasteiger partial charge in [0.2, 0.25) is 0 Å². The topological polar surface area (TPSA) is 126 Å². The van der Waals surface area contributed by atoms with Crippen molar-refractivity contribution in [3.05, 3.63) is 61.6 Å². The van der Waals surface area contributed by atoms with Crippen molar-refractivity contribution in [3.63, 3.8) is 0 Å². The number of rotatable bonds is 7. The van der Waals surface area contributed by atoms with Crippen molar-refractivity contribution in [1.82, 2.24) is 14.8 Å². The minimum absolute atomic E-state index is 0.215. The summed E-state index contributed by atoms with van der Waals surface area (Å²) < 4.78 is 7.12. The summed E-state index contributed by atoms with van der Waals surface area (Å²) in [5.41, 5.74) is -0.113. The Labute approximate surface area is 173 Å². The van der Waals surface area contributed by atoms with Crippen molar-refractivity contribution in [2.75, 3.05) is 7.11 Å². The van der Waals surface area contributed by atoms with Crippen molar-refractivity contribution in [3.8, 4) is 17.1 Å². The molecule has 12 heteroatoms. The van der Waals surface area contributed by atoms with Crippen molar-refractivity contribution in [2.45, 2.75) is 23.5 Å². The summed E-state index contributed by atoms with van der Waals surface area (Å²) in [4.78, 5) is 21.2. The summed E-state index contributed by atoms with van der Waals surface area (Å²) in [5, 5.41) is 31.5. The van der Waals surface area contributed by atoms with Crippen LogP contribution in [0.1, 0.15) is 6.92 Å². The summed E-state index contributed by atoms with van der Waals surface area (Å²) in [7, 11) is 1.52. The van der Waals surface area contributed by atoms with Gasteiger partial charge in [-0.2, -0.15) is 0 Å². The fraction of sp³-hybridized carbons (Fsp3) is 0.176. The van der Waals surface area contributed by atoms with Gasteiger partial charge in [0.15, 0.2) is 11.0 Å². The van der Waals surface area contributed by atoms with E-state index in [1.165, 1.54) is 19.2 Å². The molecule has 0 atom stereocenters. The molecule has 3 rings (SSSR count). The van der Waals surface area contributed by atoms with E-state index in [0.29, 0.717) is 33.9 Å². The molecule has 0 spiro atoms. The second kappa shape index (κ2) is 8.45. The van der Waals surface area contributed by atoms with Gasteiger partial charge < -0.3 is 9.30 Å². The smallest absolute Gasteiger partial charge is 0.290 e. The van der Waals surface area contributed by atoms with Crippen LogP contribution in [-0.4, -0.2) is 31.7 Å². The third-order valence-corrected chi connectivity index (χ3v) is 5.27. The molecule has 0 aliphatic heterocycles. The molecule has 0 bridgehead atoms. The van der Waals surface area contributed by atoms with Gasteiger partial charge in [0.25, 0.3) is 11.4 Å². The molecule has 0 saturated heterocycles. The molecule has 0 unspecified atom stereocenters. The molecular weight excluding hydrogens is 422 g/mol. The lowest BCUT2D eigenvalue weighted by Crippen LogP contribution is -2.01. The van der Waals surface area contributed by atoms with Crippen LogP contribution in [0.15, 0.2) is 46.5 Å². The van der Waals surface area contributed by atoms with E-state index in [9.17, 15) is 20.2 Å². The zero-order chi connectivity index (χ0) is 21.1. The normalized spacial score (nSPS) is 10.7. The van der Waals surface area contributed by atoms with E-state index < -0.39 is 9.85 Å². The van der Waals surface area contributed by atoms with Gasteiger partial charge in [-0.15, -0.1) is 10.2 Å². The fourth-order valence-electron chi connectivity index (χ4n) is 2.65. The molecule has 1 aromatic heterocycles. The van der Waals surface area contributed by atoms with E-state index in [0.717, 1.165) is 17.8 Å². The third-order valence-electron chi connectivity index (χ3n) is 3.99.